The van der Waals surface area contributed by atoms with Gasteiger partial charge in [0.05, 0.1) is 31.5 Å². The number of carbonyl (C=O) groups is 2. The Hall–Kier alpha value is -2.96. The molecule has 154 valence electrons. The van der Waals surface area contributed by atoms with Crippen LogP contribution in [0.3, 0.4) is 0 Å². The quantitative estimate of drug-likeness (QED) is 0.774. The number of hydrogen-bond donors (Lipinski definition) is 0. The van der Waals surface area contributed by atoms with E-state index in [0.717, 1.165) is 18.4 Å². The molecular weight excluding hydrogens is 372 g/mol. The average Bonchev–Trinajstić information content (AvgIpc) is 3.42. The van der Waals surface area contributed by atoms with Gasteiger partial charge in [0.1, 0.15) is 6.26 Å². The molecule has 2 aromatic rings. The van der Waals surface area contributed by atoms with Crippen molar-refractivity contribution < 1.29 is 23.5 Å². The van der Waals surface area contributed by atoms with E-state index in [1.807, 2.05) is 23.1 Å². The van der Waals surface area contributed by atoms with Crippen molar-refractivity contribution in [3.63, 3.8) is 0 Å². The van der Waals surface area contributed by atoms with Gasteiger partial charge in [0.25, 0.3) is 5.91 Å². The summed E-state index contributed by atoms with van der Waals surface area (Å²) in [6.07, 6.45) is 5.38. The number of ether oxygens (including phenoxy) is 2. The topological polar surface area (TPSA) is 72.2 Å². The van der Waals surface area contributed by atoms with E-state index in [1.165, 1.54) is 12.5 Å². The highest BCUT2D eigenvalue weighted by molar-refractivity contribution is 5.95. The minimum atomic E-state index is -0.496. The number of carbonyl (C=O) groups excluding carboxylic acids is 2. The lowest BCUT2D eigenvalue weighted by atomic mass is 9.78. The van der Waals surface area contributed by atoms with Crippen LogP contribution in [0.15, 0.2) is 41.2 Å². The SMILES string of the molecule is COc1cccc(CN2CCC[C@@]3(CCN(C(=O)c4ccoc4)C3)C2=O)c1OC. The van der Waals surface area contributed by atoms with E-state index in [0.29, 0.717) is 49.7 Å². The van der Waals surface area contributed by atoms with Crippen LogP contribution in [0.2, 0.25) is 0 Å². The average molecular weight is 398 g/mol. The van der Waals surface area contributed by atoms with Gasteiger partial charge in [-0.2, -0.15) is 0 Å². The van der Waals surface area contributed by atoms with E-state index in [2.05, 4.69) is 0 Å². The monoisotopic (exact) mass is 398 g/mol. The number of furan rings is 1. The van der Waals surface area contributed by atoms with Gasteiger partial charge in [0.15, 0.2) is 11.5 Å². The fraction of sp³-hybridized carbons (Fsp3) is 0.455. The Labute approximate surface area is 170 Å². The smallest absolute Gasteiger partial charge is 0.257 e. The van der Waals surface area contributed by atoms with E-state index in [4.69, 9.17) is 13.9 Å². The molecule has 1 aromatic heterocycles. The second kappa shape index (κ2) is 7.81. The van der Waals surface area contributed by atoms with Crippen LogP contribution < -0.4 is 9.47 Å². The molecule has 4 rings (SSSR count). The predicted molar refractivity (Wildman–Crippen MR) is 106 cm³/mol. The van der Waals surface area contributed by atoms with Gasteiger partial charge >= 0.3 is 0 Å². The molecule has 2 aliphatic heterocycles. The van der Waals surface area contributed by atoms with E-state index in [9.17, 15) is 9.59 Å². The van der Waals surface area contributed by atoms with Crippen molar-refractivity contribution >= 4 is 11.8 Å². The lowest BCUT2D eigenvalue weighted by molar-refractivity contribution is -0.146. The number of methoxy groups -OCH3 is 2. The first kappa shape index (κ1) is 19.4. The van der Waals surface area contributed by atoms with Crippen LogP contribution in [0.5, 0.6) is 11.5 Å². The Balaban J connectivity index is 1.51. The summed E-state index contributed by atoms with van der Waals surface area (Å²) >= 11 is 0. The van der Waals surface area contributed by atoms with Crippen molar-refractivity contribution in [3.05, 3.63) is 47.9 Å². The molecule has 1 atom stereocenters. The van der Waals surface area contributed by atoms with Gasteiger partial charge in [-0.05, 0) is 31.4 Å². The second-order valence-corrected chi connectivity index (χ2v) is 7.75. The molecule has 0 N–H and O–H groups in total. The lowest BCUT2D eigenvalue weighted by Gasteiger charge is -2.39. The summed E-state index contributed by atoms with van der Waals surface area (Å²) in [5.41, 5.74) is 0.953. The Morgan fingerprint density at radius 3 is 2.76 bits per heavy atom. The van der Waals surface area contributed by atoms with Crippen molar-refractivity contribution in [2.24, 2.45) is 5.41 Å². The highest BCUT2D eigenvalue weighted by atomic mass is 16.5. The highest BCUT2D eigenvalue weighted by Crippen LogP contribution is 2.41. The maximum absolute atomic E-state index is 13.5. The Bertz CT molecular complexity index is 895. The number of likely N-dealkylation sites (tertiary alicyclic amines) is 2. The number of benzene rings is 1. The van der Waals surface area contributed by atoms with Crippen LogP contribution in [-0.4, -0.2) is 55.5 Å². The summed E-state index contributed by atoms with van der Waals surface area (Å²) in [6.45, 7) is 2.22. The van der Waals surface area contributed by atoms with Crippen molar-refractivity contribution in [2.45, 2.75) is 25.8 Å². The number of nitrogens with zero attached hydrogens (tertiary/aromatic N) is 2. The standard InChI is InChI=1S/C22H26N2O5/c1-27-18-6-3-5-16(19(18)28-2)13-23-10-4-8-22(21(23)26)9-11-24(15-22)20(25)17-7-12-29-14-17/h3,5-7,12,14H,4,8-11,13,15H2,1-2H3/t22-/m0/s1. The van der Waals surface area contributed by atoms with Crippen molar-refractivity contribution in [1.82, 2.24) is 9.80 Å². The molecule has 2 saturated heterocycles. The van der Waals surface area contributed by atoms with Gasteiger partial charge in [-0.3, -0.25) is 9.59 Å². The summed E-state index contributed by atoms with van der Waals surface area (Å²) in [5.74, 6) is 1.36. The fourth-order valence-electron chi connectivity index (χ4n) is 4.58. The molecule has 2 aliphatic rings. The number of amides is 2. The number of piperidine rings is 1. The predicted octanol–water partition coefficient (Wildman–Crippen LogP) is 2.95. The first-order chi connectivity index (χ1) is 14.1. The summed E-state index contributed by atoms with van der Waals surface area (Å²) < 4.78 is 15.9. The molecule has 2 amide bonds. The number of hydrogen-bond acceptors (Lipinski definition) is 5. The van der Waals surface area contributed by atoms with Crippen molar-refractivity contribution in [2.75, 3.05) is 33.9 Å². The zero-order valence-electron chi connectivity index (χ0n) is 16.8. The normalized spacial score (nSPS) is 21.7. The molecule has 0 saturated carbocycles. The van der Waals surface area contributed by atoms with Gasteiger partial charge in [-0.15, -0.1) is 0 Å². The zero-order valence-corrected chi connectivity index (χ0v) is 16.8. The van der Waals surface area contributed by atoms with Crippen LogP contribution in [0.4, 0.5) is 0 Å². The molecular formula is C22H26N2O5. The number of rotatable bonds is 5. The summed E-state index contributed by atoms with van der Waals surface area (Å²) in [6, 6.07) is 7.37. The summed E-state index contributed by atoms with van der Waals surface area (Å²) in [4.78, 5) is 29.8. The molecule has 1 aromatic carbocycles. The lowest BCUT2D eigenvalue weighted by Crippen LogP contribution is -2.50. The highest BCUT2D eigenvalue weighted by Gasteiger charge is 2.49. The molecule has 1 spiro atoms. The fourth-order valence-corrected chi connectivity index (χ4v) is 4.58. The molecule has 7 heteroatoms. The van der Waals surface area contributed by atoms with E-state index in [1.54, 1.807) is 25.2 Å². The third kappa shape index (κ3) is 3.45. The first-order valence-corrected chi connectivity index (χ1v) is 9.89. The Morgan fingerprint density at radius 2 is 2.03 bits per heavy atom. The van der Waals surface area contributed by atoms with Crippen molar-refractivity contribution in [1.29, 1.82) is 0 Å². The summed E-state index contributed by atoms with van der Waals surface area (Å²) in [7, 11) is 3.21. The molecule has 0 aliphatic carbocycles. The van der Waals surface area contributed by atoms with E-state index < -0.39 is 5.41 Å². The van der Waals surface area contributed by atoms with Gasteiger partial charge in [-0.1, -0.05) is 12.1 Å². The third-order valence-corrected chi connectivity index (χ3v) is 6.08. The van der Waals surface area contributed by atoms with Crippen LogP contribution in [0.1, 0.15) is 35.2 Å². The minimum Gasteiger partial charge on any atom is -0.493 e. The molecule has 7 nitrogen and oxygen atoms in total. The first-order valence-electron chi connectivity index (χ1n) is 9.89. The molecule has 3 heterocycles. The van der Waals surface area contributed by atoms with Crippen LogP contribution in [0.25, 0.3) is 0 Å². The van der Waals surface area contributed by atoms with Crippen molar-refractivity contribution in [3.8, 4) is 11.5 Å². The van der Waals surface area contributed by atoms with Crippen LogP contribution in [0, 0.1) is 5.41 Å². The van der Waals surface area contributed by atoms with Crippen LogP contribution >= 0.6 is 0 Å². The largest absolute Gasteiger partial charge is 0.493 e. The van der Waals surface area contributed by atoms with Gasteiger partial charge in [0, 0.05) is 31.7 Å². The van der Waals surface area contributed by atoms with E-state index in [-0.39, 0.29) is 11.8 Å². The number of para-hydroxylation sites is 1. The molecule has 0 unspecified atom stereocenters. The minimum absolute atomic E-state index is 0.0741. The van der Waals surface area contributed by atoms with Gasteiger partial charge in [-0.25, -0.2) is 0 Å². The molecule has 0 bridgehead atoms. The Kier molecular flexibility index (Phi) is 5.22. The zero-order chi connectivity index (χ0) is 20.4. The maximum Gasteiger partial charge on any atom is 0.257 e. The molecule has 0 radical (unpaired) electrons. The maximum atomic E-state index is 13.5. The Morgan fingerprint density at radius 1 is 1.17 bits per heavy atom. The van der Waals surface area contributed by atoms with Crippen LogP contribution in [-0.2, 0) is 11.3 Å². The molecule has 29 heavy (non-hydrogen) atoms. The third-order valence-electron chi connectivity index (χ3n) is 6.08. The summed E-state index contributed by atoms with van der Waals surface area (Å²) in [5, 5.41) is 0. The van der Waals surface area contributed by atoms with Gasteiger partial charge in [0.2, 0.25) is 5.91 Å². The molecule has 2 fully saturated rings. The van der Waals surface area contributed by atoms with Gasteiger partial charge < -0.3 is 23.7 Å². The van der Waals surface area contributed by atoms with E-state index >= 15 is 0 Å². The second-order valence-electron chi connectivity index (χ2n) is 7.75.